The molecule has 0 aromatic carbocycles. The lowest BCUT2D eigenvalue weighted by Gasteiger charge is -2.13. The molecule has 0 bridgehead atoms. The maximum atomic E-state index is 12.0. The SMILES string of the molecule is C[C@@H](OC(=O)c1ccccn1)C(=O)Nc1ncc(Cl)cc1Cl. The lowest BCUT2D eigenvalue weighted by molar-refractivity contribution is -0.123. The second-order valence-corrected chi connectivity index (χ2v) is 5.08. The molecule has 22 heavy (non-hydrogen) atoms. The van der Waals surface area contributed by atoms with E-state index in [0.29, 0.717) is 5.02 Å². The zero-order valence-corrected chi connectivity index (χ0v) is 12.9. The van der Waals surface area contributed by atoms with Gasteiger partial charge in [0.2, 0.25) is 0 Å². The van der Waals surface area contributed by atoms with Crippen LogP contribution >= 0.6 is 23.2 Å². The highest BCUT2D eigenvalue weighted by Crippen LogP contribution is 2.22. The summed E-state index contributed by atoms with van der Waals surface area (Å²) in [5, 5.41) is 2.99. The van der Waals surface area contributed by atoms with Gasteiger partial charge in [-0.2, -0.15) is 0 Å². The number of carbonyl (C=O) groups excluding carboxylic acids is 2. The molecule has 1 amide bonds. The van der Waals surface area contributed by atoms with Gasteiger partial charge in [0.25, 0.3) is 5.91 Å². The van der Waals surface area contributed by atoms with Gasteiger partial charge in [0.05, 0.1) is 10.0 Å². The fourth-order valence-electron chi connectivity index (χ4n) is 1.48. The molecule has 0 spiro atoms. The molecule has 0 aliphatic rings. The molecule has 0 saturated heterocycles. The molecule has 0 unspecified atom stereocenters. The number of hydrogen-bond acceptors (Lipinski definition) is 5. The van der Waals surface area contributed by atoms with Gasteiger partial charge in [-0.25, -0.2) is 14.8 Å². The van der Waals surface area contributed by atoms with E-state index in [0.717, 1.165) is 0 Å². The number of hydrogen-bond donors (Lipinski definition) is 1. The van der Waals surface area contributed by atoms with Crippen molar-refractivity contribution in [2.75, 3.05) is 5.32 Å². The van der Waals surface area contributed by atoms with Crippen molar-refractivity contribution in [2.45, 2.75) is 13.0 Å². The molecule has 0 radical (unpaired) electrons. The Bertz CT molecular complexity index is 695. The first kappa shape index (κ1) is 16.2. The van der Waals surface area contributed by atoms with Gasteiger partial charge < -0.3 is 10.1 Å². The summed E-state index contributed by atoms with van der Waals surface area (Å²) in [5.74, 6) is -1.13. The van der Waals surface area contributed by atoms with Crippen molar-refractivity contribution in [1.82, 2.24) is 9.97 Å². The number of pyridine rings is 2. The Morgan fingerprint density at radius 1 is 1.27 bits per heavy atom. The van der Waals surface area contributed by atoms with Gasteiger partial charge >= 0.3 is 5.97 Å². The predicted molar refractivity (Wildman–Crippen MR) is 82.0 cm³/mol. The Labute approximate surface area is 136 Å². The minimum Gasteiger partial charge on any atom is -0.448 e. The van der Waals surface area contributed by atoms with Crippen molar-refractivity contribution >= 4 is 40.9 Å². The first-order valence-corrected chi connectivity index (χ1v) is 6.97. The number of nitrogens with one attached hydrogen (secondary N) is 1. The van der Waals surface area contributed by atoms with Crippen LogP contribution in [0.1, 0.15) is 17.4 Å². The number of rotatable bonds is 4. The molecular formula is C14H11Cl2N3O3. The van der Waals surface area contributed by atoms with Gasteiger partial charge in [-0.05, 0) is 25.1 Å². The van der Waals surface area contributed by atoms with Crippen LogP contribution in [-0.4, -0.2) is 27.9 Å². The molecule has 114 valence electrons. The molecule has 0 aliphatic carbocycles. The van der Waals surface area contributed by atoms with Gasteiger partial charge in [-0.15, -0.1) is 0 Å². The summed E-state index contributed by atoms with van der Waals surface area (Å²) in [4.78, 5) is 31.5. The van der Waals surface area contributed by atoms with Crippen LogP contribution in [0, 0.1) is 0 Å². The lowest BCUT2D eigenvalue weighted by atomic mass is 10.3. The zero-order valence-electron chi connectivity index (χ0n) is 11.4. The predicted octanol–water partition coefficient (Wildman–Crippen LogP) is 2.97. The molecule has 1 N–H and O–H groups in total. The number of esters is 1. The van der Waals surface area contributed by atoms with E-state index >= 15 is 0 Å². The molecule has 1 atom stereocenters. The molecule has 2 heterocycles. The summed E-state index contributed by atoms with van der Waals surface area (Å²) in [7, 11) is 0. The van der Waals surface area contributed by atoms with E-state index in [1.807, 2.05) is 0 Å². The van der Waals surface area contributed by atoms with Crippen LogP contribution in [0.5, 0.6) is 0 Å². The normalized spacial score (nSPS) is 11.6. The summed E-state index contributed by atoms with van der Waals surface area (Å²) in [6.07, 6.45) is 1.76. The Balaban J connectivity index is 1.99. The molecule has 0 saturated carbocycles. The second-order valence-electron chi connectivity index (χ2n) is 4.24. The van der Waals surface area contributed by atoms with Crippen LogP contribution in [0.25, 0.3) is 0 Å². The average molecular weight is 340 g/mol. The molecule has 2 aromatic heterocycles. The number of nitrogens with zero attached hydrogens (tertiary/aromatic N) is 2. The van der Waals surface area contributed by atoms with E-state index in [4.69, 9.17) is 27.9 Å². The van der Waals surface area contributed by atoms with Gasteiger partial charge in [0.15, 0.2) is 11.9 Å². The van der Waals surface area contributed by atoms with E-state index in [-0.39, 0.29) is 16.5 Å². The van der Waals surface area contributed by atoms with Crippen LogP contribution in [0.4, 0.5) is 5.82 Å². The van der Waals surface area contributed by atoms with Crippen LogP contribution in [0.15, 0.2) is 36.7 Å². The van der Waals surface area contributed by atoms with E-state index in [2.05, 4.69) is 15.3 Å². The number of ether oxygens (including phenoxy) is 1. The number of carbonyl (C=O) groups is 2. The smallest absolute Gasteiger partial charge is 0.357 e. The third-order valence-corrected chi connectivity index (χ3v) is 3.07. The van der Waals surface area contributed by atoms with Crippen molar-refractivity contribution in [3.05, 3.63) is 52.4 Å². The van der Waals surface area contributed by atoms with Crippen molar-refractivity contribution in [1.29, 1.82) is 0 Å². The summed E-state index contributed by atoms with van der Waals surface area (Å²) in [6.45, 7) is 1.43. The van der Waals surface area contributed by atoms with Crippen LogP contribution in [-0.2, 0) is 9.53 Å². The van der Waals surface area contributed by atoms with E-state index in [1.165, 1.54) is 31.5 Å². The van der Waals surface area contributed by atoms with Crippen LogP contribution in [0.2, 0.25) is 10.0 Å². The fraction of sp³-hybridized carbons (Fsp3) is 0.143. The first-order valence-electron chi connectivity index (χ1n) is 6.21. The summed E-state index contributed by atoms with van der Waals surface area (Å²) >= 11 is 11.6. The Hall–Kier alpha value is -2.18. The third-order valence-electron chi connectivity index (χ3n) is 2.58. The second kappa shape index (κ2) is 7.20. The molecule has 0 fully saturated rings. The highest BCUT2D eigenvalue weighted by atomic mass is 35.5. The maximum Gasteiger partial charge on any atom is 0.357 e. The summed E-state index contributed by atoms with van der Waals surface area (Å²) in [6, 6.07) is 6.24. The minimum absolute atomic E-state index is 0.116. The molecule has 2 aromatic rings. The molecular weight excluding hydrogens is 329 g/mol. The number of halogens is 2. The minimum atomic E-state index is -1.04. The molecule has 6 nitrogen and oxygen atoms in total. The number of anilines is 1. The highest BCUT2D eigenvalue weighted by molar-refractivity contribution is 6.36. The van der Waals surface area contributed by atoms with Gasteiger partial charge in [0, 0.05) is 12.4 Å². The first-order chi connectivity index (χ1) is 10.5. The van der Waals surface area contributed by atoms with Crippen molar-refractivity contribution in [2.24, 2.45) is 0 Å². The summed E-state index contributed by atoms with van der Waals surface area (Å²) < 4.78 is 5.02. The Morgan fingerprint density at radius 3 is 2.68 bits per heavy atom. The van der Waals surface area contributed by atoms with Gasteiger partial charge in [-0.3, -0.25) is 4.79 Å². The van der Waals surface area contributed by atoms with Crippen LogP contribution in [0.3, 0.4) is 0 Å². The maximum absolute atomic E-state index is 12.0. The van der Waals surface area contributed by atoms with Crippen molar-refractivity contribution < 1.29 is 14.3 Å². The number of amides is 1. The van der Waals surface area contributed by atoms with Crippen molar-refractivity contribution in [3.63, 3.8) is 0 Å². The van der Waals surface area contributed by atoms with E-state index in [1.54, 1.807) is 12.1 Å². The third kappa shape index (κ3) is 4.16. The fourth-order valence-corrected chi connectivity index (χ4v) is 1.91. The average Bonchev–Trinajstić information content (AvgIpc) is 2.50. The largest absolute Gasteiger partial charge is 0.448 e. The standard InChI is InChI=1S/C14H11Cl2N3O3/c1-8(22-14(21)11-4-2-3-5-17-11)13(20)19-12-10(16)6-9(15)7-18-12/h2-8H,1H3,(H,18,19,20)/t8-/m1/s1. The highest BCUT2D eigenvalue weighted by Gasteiger charge is 2.20. The Kier molecular flexibility index (Phi) is 5.30. The number of aromatic nitrogens is 2. The van der Waals surface area contributed by atoms with Gasteiger partial charge in [0.1, 0.15) is 5.69 Å². The molecule has 2 rings (SSSR count). The topological polar surface area (TPSA) is 81.2 Å². The quantitative estimate of drug-likeness (QED) is 0.866. The van der Waals surface area contributed by atoms with E-state index in [9.17, 15) is 9.59 Å². The van der Waals surface area contributed by atoms with Gasteiger partial charge in [-0.1, -0.05) is 29.3 Å². The zero-order chi connectivity index (χ0) is 16.1. The van der Waals surface area contributed by atoms with Crippen LogP contribution < -0.4 is 5.32 Å². The molecule has 0 aliphatic heterocycles. The van der Waals surface area contributed by atoms with E-state index < -0.39 is 18.0 Å². The van der Waals surface area contributed by atoms with Crippen molar-refractivity contribution in [3.8, 4) is 0 Å². The summed E-state index contributed by atoms with van der Waals surface area (Å²) in [5.41, 5.74) is 0.116. The lowest BCUT2D eigenvalue weighted by Crippen LogP contribution is -2.30. The monoisotopic (exact) mass is 339 g/mol. The Morgan fingerprint density at radius 2 is 2.05 bits per heavy atom. The molecule has 8 heteroatoms.